The summed E-state index contributed by atoms with van der Waals surface area (Å²) in [6, 6.07) is 2.84. The summed E-state index contributed by atoms with van der Waals surface area (Å²) in [4.78, 5) is 29.8. The molecular weight excluding hydrogens is 431 g/mol. The summed E-state index contributed by atoms with van der Waals surface area (Å²) >= 11 is 0. The highest BCUT2D eigenvalue weighted by molar-refractivity contribution is 5.90. The number of hydrogen-bond donors (Lipinski definition) is 2. The minimum Gasteiger partial charge on any atom is -0.488 e. The van der Waals surface area contributed by atoms with Gasteiger partial charge in [-0.05, 0) is 19.1 Å². The van der Waals surface area contributed by atoms with Crippen LogP contribution in [0, 0.1) is 12.9 Å². The van der Waals surface area contributed by atoms with E-state index in [0.29, 0.717) is 42.5 Å². The molecule has 12 heteroatoms. The number of pyridine rings is 1. The Morgan fingerprint density at radius 3 is 2.76 bits per heavy atom. The molecule has 0 fully saturated rings. The lowest BCUT2D eigenvalue weighted by Crippen LogP contribution is -2.33. The van der Waals surface area contributed by atoms with Crippen molar-refractivity contribution in [3.05, 3.63) is 48.6 Å². The number of carbonyl (C=O) groups excluding carboxylic acids is 2. The van der Waals surface area contributed by atoms with Crippen LogP contribution >= 0.6 is 0 Å². The van der Waals surface area contributed by atoms with Crippen LogP contribution in [0.25, 0.3) is 0 Å². The lowest BCUT2D eigenvalue weighted by molar-refractivity contribution is -0.131. The van der Waals surface area contributed by atoms with E-state index in [4.69, 9.17) is 4.74 Å². The molecule has 176 valence electrons. The first kappa shape index (κ1) is 23.7. The van der Waals surface area contributed by atoms with E-state index in [2.05, 4.69) is 25.8 Å². The van der Waals surface area contributed by atoms with Crippen molar-refractivity contribution in [2.24, 2.45) is 7.05 Å². The third kappa shape index (κ3) is 7.30. The van der Waals surface area contributed by atoms with E-state index in [1.165, 1.54) is 16.9 Å². The molecule has 0 radical (unpaired) electrons. The smallest absolute Gasteiger partial charge is 0.244 e. The maximum absolute atomic E-state index is 13.0. The number of nitrogens with zero attached hydrogens (tertiary/aromatic N) is 6. The number of ether oxygens (including phenoxy) is 1. The summed E-state index contributed by atoms with van der Waals surface area (Å²) in [5, 5.41) is 13.9. The monoisotopic (exact) mass is 458 g/mol. The van der Waals surface area contributed by atoms with Crippen LogP contribution < -0.4 is 15.4 Å². The third-order valence-electron chi connectivity index (χ3n) is 4.74. The van der Waals surface area contributed by atoms with Crippen LogP contribution in [0.5, 0.6) is 5.75 Å². The average molecular weight is 458 g/mol. The lowest BCUT2D eigenvalue weighted by atomic mass is 10.3. The number of hydrogen-bond acceptors (Lipinski definition) is 7. The Morgan fingerprint density at radius 2 is 2.03 bits per heavy atom. The molecule has 3 aromatic heterocycles. The van der Waals surface area contributed by atoms with E-state index in [1.807, 2.05) is 0 Å². The van der Waals surface area contributed by atoms with Crippen LogP contribution in [0.3, 0.4) is 0 Å². The van der Waals surface area contributed by atoms with E-state index in [0.717, 1.165) is 0 Å². The molecule has 3 heterocycles. The zero-order chi connectivity index (χ0) is 23.8. The van der Waals surface area contributed by atoms with Gasteiger partial charge in [0.05, 0.1) is 42.2 Å². The van der Waals surface area contributed by atoms with Crippen molar-refractivity contribution in [1.29, 1.82) is 0 Å². The molecule has 0 aromatic carbocycles. The number of nitrogens with one attached hydrogen (secondary N) is 2. The summed E-state index contributed by atoms with van der Waals surface area (Å²) in [5.74, 6) is -0.259. The molecular formula is C21H27FN8O3. The molecule has 0 bridgehead atoms. The van der Waals surface area contributed by atoms with Crippen molar-refractivity contribution in [3.63, 3.8) is 0 Å². The second kappa shape index (κ2) is 11.1. The number of aromatic nitrogens is 5. The Morgan fingerprint density at radius 1 is 1.21 bits per heavy atom. The third-order valence-corrected chi connectivity index (χ3v) is 4.74. The first-order valence-electron chi connectivity index (χ1n) is 10.3. The van der Waals surface area contributed by atoms with Crippen LogP contribution in [0.4, 0.5) is 15.8 Å². The molecule has 33 heavy (non-hydrogen) atoms. The maximum Gasteiger partial charge on any atom is 0.244 e. The van der Waals surface area contributed by atoms with Gasteiger partial charge >= 0.3 is 0 Å². The summed E-state index contributed by atoms with van der Waals surface area (Å²) < 4.78 is 21.7. The lowest BCUT2D eigenvalue weighted by Gasteiger charge is -2.17. The van der Waals surface area contributed by atoms with Gasteiger partial charge in [0.2, 0.25) is 17.8 Å². The molecule has 0 aliphatic carbocycles. The second-order valence-corrected chi connectivity index (χ2v) is 7.43. The number of aryl methyl sites for hydroxylation is 2. The quantitative estimate of drug-likeness (QED) is 0.417. The van der Waals surface area contributed by atoms with Crippen LogP contribution in [0.2, 0.25) is 0 Å². The molecule has 0 saturated carbocycles. The standard InChI is InChI=1S/C21H27FN8O3/c1-15-18(4-5-19(22)26-15)23-7-6-20(31)27-16-10-25-30(12-16)14-21(32)28(2)8-9-33-17-11-24-29(3)13-17/h4-5,10-13,23H,6-9,14H2,1-3H3,(H,27,31). The zero-order valence-electron chi connectivity index (χ0n) is 18.8. The van der Waals surface area contributed by atoms with Gasteiger partial charge in [0, 0.05) is 33.3 Å². The molecule has 0 saturated heterocycles. The normalized spacial score (nSPS) is 10.7. The van der Waals surface area contributed by atoms with E-state index >= 15 is 0 Å². The summed E-state index contributed by atoms with van der Waals surface area (Å²) in [6.45, 7) is 2.84. The van der Waals surface area contributed by atoms with Crippen molar-refractivity contribution in [2.75, 3.05) is 37.4 Å². The molecule has 0 aliphatic rings. The fourth-order valence-electron chi connectivity index (χ4n) is 2.92. The highest BCUT2D eigenvalue weighted by Crippen LogP contribution is 2.12. The molecule has 0 atom stereocenters. The molecule has 3 aromatic rings. The number of amides is 2. The topological polar surface area (TPSA) is 119 Å². The molecule has 2 N–H and O–H groups in total. The fourth-order valence-corrected chi connectivity index (χ4v) is 2.92. The van der Waals surface area contributed by atoms with Gasteiger partial charge in [-0.3, -0.25) is 19.0 Å². The van der Waals surface area contributed by atoms with Gasteiger partial charge in [-0.25, -0.2) is 4.98 Å². The van der Waals surface area contributed by atoms with Gasteiger partial charge < -0.3 is 20.3 Å². The fraction of sp³-hybridized carbons (Fsp3) is 0.381. The highest BCUT2D eigenvalue weighted by atomic mass is 19.1. The first-order valence-corrected chi connectivity index (χ1v) is 10.3. The number of carbonyl (C=O) groups is 2. The summed E-state index contributed by atoms with van der Waals surface area (Å²) in [7, 11) is 3.49. The molecule has 0 spiro atoms. The van der Waals surface area contributed by atoms with E-state index in [1.54, 1.807) is 55.3 Å². The Labute approximate surface area is 190 Å². The second-order valence-electron chi connectivity index (χ2n) is 7.43. The number of anilines is 2. The molecule has 11 nitrogen and oxygen atoms in total. The minimum atomic E-state index is -0.546. The van der Waals surface area contributed by atoms with E-state index in [9.17, 15) is 14.0 Å². The van der Waals surface area contributed by atoms with E-state index in [-0.39, 0.29) is 24.8 Å². The Bertz CT molecular complexity index is 1100. The van der Waals surface area contributed by atoms with Gasteiger partial charge in [0.25, 0.3) is 0 Å². The number of halogens is 1. The predicted octanol–water partition coefficient (Wildman–Crippen LogP) is 1.44. The molecule has 2 amide bonds. The molecule has 0 aliphatic heterocycles. The molecule has 0 unspecified atom stereocenters. The highest BCUT2D eigenvalue weighted by Gasteiger charge is 2.12. The van der Waals surface area contributed by atoms with Crippen LogP contribution in [0.15, 0.2) is 36.9 Å². The van der Waals surface area contributed by atoms with Gasteiger partial charge in [-0.1, -0.05) is 0 Å². The van der Waals surface area contributed by atoms with Crippen LogP contribution in [-0.4, -0.2) is 68.0 Å². The number of rotatable bonds is 11. The zero-order valence-corrected chi connectivity index (χ0v) is 18.8. The summed E-state index contributed by atoms with van der Waals surface area (Å²) in [6.07, 6.45) is 6.63. The Hall–Kier alpha value is -3.96. The Balaban J connectivity index is 1.37. The van der Waals surface area contributed by atoms with Crippen molar-refractivity contribution < 1.29 is 18.7 Å². The first-order chi connectivity index (χ1) is 15.8. The van der Waals surface area contributed by atoms with Crippen molar-refractivity contribution >= 4 is 23.2 Å². The Kier molecular flexibility index (Phi) is 7.95. The predicted molar refractivity (Wildman–Crippen MR) is 119 cm³/mol. The van der Waals surface area contributed by atoms with Gasteiger partial charge in [0.1, 0.15) is 13.2 Å². The minimum absolute atomic E-state index is 0.0393. The SMILES string of the molecule is Cc1nc(F)ccc1NCCC(=O)Nc1cnn(CC(=O)N(C)CCOc2cnn(C)c2)c1. The average Bonchev–Trinajstić information content (AvgIpc) is 3.38. The van der Waals surface area contributed by atoms with E-state index < -0.39 is 5.95 Å². The summed E-state index contributed by atoms with van der Waals surface area (Å²) in [5.41, 5.74) is 1.69. The van der Waals surface area contributed by atoms with Gasteiger partial charge in [-0.2, -0.15) is 14.6 Å². The van der Waals surface area contributed by atoms with Gasteiger partial charge in [0.15, 0.2) is 5.75 Å². The maximum atomic E-state index is 13.0. The van der Waals surface area contributed by atoms with Gasteiger partial charge in [-0.15, -0.1) is 0 Å². The largest absolute Gasteiger partial charge is 0.488 e. The van der Waals surface area contributed by atoms with Crippen molar-refractivity contribution in [1.82, 2.24) is 29.4 Å². The van der Waals surface area contributed by atoms with Crippen molar-refractivity contribution in [3.8, 4) is 5.75 Å². The van der Waals surface area contributed by atoms with Crippen LogP contribution in [-0.2, 0) is 23.2 Å². The molecule has 3 rings (SSSR count). The number of likely N-dealkylation sites (N-methyl/N-ethyl adjacent to an activating group) is 1. The van der Waals surface area contributed by atoms with Crippen molar-refractivity contribution in [2.45, 2.75) is 19.9 Å². The van der Waals surface area contributed by atoms with Crippen LogP contribution in [0.1, 0.15) is 12.1 Å².